The van der Waals surface area contributed by atoms with E-state index in [0.29, 0.717) is 23.5 Å². The molecule has 1 saturated carbocycles. The summed E-state index contributed by atoms with van der Waals surface area (Å²) in [6, 6.07) is 10.4. The van der Waals surface area contributed by atoms with Gasteiger partial charge in [-0.25, -0.2) is 19.3 Å². The molecule has 3 rings (SSSR count). The van der Waals surface area contributed by atoms with Gasteiger partial charge >= 0.3 is 5.97 Å². The van der Waals surface area contributed by atoms with Gasteiger partial charge in [0.25, 0.3) is 0 Å². The number of benzene rings is 1. The molecule has 26 heavy (non-hydrogen) atoms. The normalized spacial score (nSPS) is 23.0. The highest BCUT2D eigenvalue weighted by molar-refractivity contribution is 5.89. The predicted molar refractivity (Wildman–Crippen MR) is 95.6 cm³/mol. The monoisotopic (exact) mass is 361 g/mol. The van der Waals surface area contributed by atoms with Crippen LogP contribution in [0.1, 0.15) is 55.6 Å². The second-order valence-electron chi connectivity index (χ2n) is 7.65. The summed E-state index contributed by atoms with van der Waals surface area (Å²) < 4.78 is 15.4. The summed E-state index contributed by atoms with van der Waals surface area (Å²) in [6.07, 6.45) is -1.60. The first-order chi connectivity index (χ1) is 12.3. The van der Waals surface area contributed by atoms with Crippen molar-refractivity contribution >= 4 is 11.8 Å². The minimum atomic E-state index is -1.23. The number of hydrogen-bond acceptors (Lipinski definition) is 5. The van der Waals surface area contributed by atoms with E-state index in [1.807, 2.05) is 26.8 Å². The van der Waals surface area contributed by atoms with Crippen molar-refractivity contribution in [3.05, 3.63) is 47.7 Å². The van der Waals surface area contributed by atoms with E-state index in [0.717, 1.165) is 0 Å². The van der Waals surface area contributed by atoms with Crippen molar-refractivity contribution in [2.45, 2.75) is 57.3 Å². The summed E-state index contributed by atoms with van der Waals surface area (Å²) in [5, 5.41) is 14.2. The summed E-state index contributed by atoms with van der Waals surface area (Å²) in [5.74, 6) is -0.156. The van der Waals surface area contributed by atoms with Crippen LogP contribution in [0.3, 0.4) is 0 Å². The summed E-state index contributed by atoms with van der Waals surface area (Å²) in [5.41, 5.74) is 3.42. The molecule has 2 aromatic rings. The van der Waals surface area contributed by atoms with E-state index < -0.39 is 18.2 Å². The number of anilines is 1. The Morgan fingerprint density at radius 2 is 2.00 bits per heavy atom. The topological polar surface area (TPSA) is 76.4 Å². The van der Waals surface area contributed by atoms with Gasteiger partial charge in [-0.05, 0) is 45.7 Å². The first-order valence-electron chi connectivity index (χ1n) is 8.70. The third kappa shape index (κ3) is 3.88. The van der Waals surface area contributed by atoms with E-state index in [1.165, 1.54) is 0 Å². The zero-order valence-corrected chi connectivity index (χ0v) is 15.1. The zero-order valence-electron chi connectivity index (χ0n) is 15.1. The minimum Gasteiger partial charge on any atom is -0.390 e. The molecular weight excluding hydrogens is 337 g/mol. The van der Waals surface area contributed by atoms with Crippen molar-refractivity contribution < 1.29 is 19.1 Å². The Labute approximate surface area is 151 Å². The fourth-order valence-electron chi connectivity index (χ4n) is 3.12. The molecule has 7 heteroatoms. The predicted octanol–water partition coefficient (Wildman–Crippen LogP) is 3.40. The standard InChI is InChI=1S/C19H24FN3O3/c1-19(2,3)23-17(22-26-18(25)12-7-5-4-6-8-12)11-15(21-23)13-9-14(20)16(24)10-13/h4-8,11,13-14,16,22,24H,9-10H2,1-3H3/t13-,14+,16-/m0/s1. The van der Waals surface area contributed by atoms with Crippen molar-refractivity contribution in [3.63, 3.8) is 0 Å². The lowest BCUT2D eigenvalue weighted by Gasteiger charge is -2.22. The van der Waals surface area contributed by atoms with E-state index >= 15 is 0 Å². The van der Waals surface area contributed by atoms with E-state index in [1.54, 1.807) is 35.0 Å². The van der Waals surface area contributed by atoms with Crippen LogP contribution in [0.15, 0.2) is 36.4 Å². The number of alkyl halides is 1. The lowest BCUT2D eigenvalue weighted by atomic mass is 10.0. The Morgan fingerprint density at radius 1 is 1.31 bits per heavy atom. The molecule has 0 aliphatic heterocycles. The van der Waals surface area contributed by atoms with Crippen LogP contribution in [-0.2, 0) is 10.4 Å². The third-order valence-electron chi connectivity index (χ3n) is 4.49. The van der Waals surface area contributed by atoms with Crippen LogP contribution in [0.4, 0.5) is 10.2 Å². The quantitative estimate of drug-likeness (QED) is 0.817. The molecule has 0 amide bonds. The maximum Gasteiger partial charge on any atom is 0.362 e. The summed E-state index contributed by atoms with van der Waals surface area (Å²) in [7, 11) is 0. The number of carbonyl (C=O) groups excluding carboxylic acids is 1. The molecule has 1 aromatic carbocycles. The van der Waals surface area contributed by atoms with Crippen molar-refractivity contribution in [2.24, 2.45) is 0 Å². The minimum absolute atomic E-state index is 0.158. The second kappa shape index (κ2) is 7.07. The van der Waals surface area contributed by atoms with Crippen LogP contribution in [-0.4, -0.2) is 33.1 Å². The number of halogens is 1. The van der Waals surface area contributed by atoms with Crippen LogP contribution in [0.5, 0.6) is 0 Å². The van der Waals surface area contributed by atoms with E-state index in [2.05, 4.69) is 10.6 Å². The molecule has 1 heterocycles. The van der Waals surface area contributed by atoms with Gasteiger partial charge in [-0.3, -0.25) is 0 Å². The largest absolute Gasteiger partial charge is 0.390 e. The molecule has 0 saturated heterocycles. The first kappa shape index (κ1) is 18.4. The Morgan fingerprint density at radius 3 is 2.58 bits per heavy atom. The molecule has 0 radical (unpaired) electrons. The Kier molecular flexibility index (Phi) is 5.00. The van der Waals surface area contributed by atoms with Gasteiger partial charge in [0, 0.05) is 12.0 Å². The number of carbonyl (C=O) groups is 1. The second-order valence-corrected chi connectivity index (χ2v) is 7.65. The van der Waals surface area contributed by atoms with Gasteiger partial charge in [0.2, 0.25) is 0 Å². The highest BCUT2D eigenvalue weighted by atomic mass is 19.1. The average Bonchev–Trinajstić information content (AvgIpc) is 3.17. The summed E-state index contributed by atoms with van der Waals surface area (Å²) in [6.45, 7) is 5.90. The van der Waals surface area contributed by atoms with E-state index in [-0.39, 0.29) is 17.9 Å². The maximum absolute atomic E-state index is 13.7. The molecule has 0 spiro atoms. The van der Waals surface area contributed by atoms with Crippen molar-refractivity contribution in [1.29, 1.82) is 0 Å². The summed E-state index contributed by atoms with van der Waals surface area (Å²) >= 11 is 0. The lowest BCUT2D eigenvalue weighted by Crippen LogP contribution is -2.26. The van der Waals surface area contributed by atoms with Gasteiger partial charge in [0.15, 0.2) is 5.82 Å². The molecule has 6 nitrogen and oxygen atoms in total. The molecule has 1 aromatic heterocycles. The van der Waals surface area contributed by atoms with Gasteiger partial charge in [-0.15, -0.1) is 0 Å². The molecule has 140 valence electrons. The van der Waals surface area contributed by atoms with Crippen LogP contribution in [0, 0.1) is 0 Å². The third-order valence-corrected chi connectivity index (χ3v) is 4.49. The summed E-state index contributed by atoms with van der Waals surface area (Å²) in [4.78, 5) is 17.3. The number of aliphatic hydroxyl groups excluding tert-OH is 1. The number of nitrogens with zero attached hydrogens (tertiary/aromatic N) is 2. The number of aromatic nitrogens is 2. The maximum atomic E-state index is 13.7. The highest BCUT2D eigenvalue weighted by Crippen LogP contribution is 2.37. The molecule has 1 aliphatic rings. The van der Waals surface area contributed by atoms with Crippen LogP contribution >= 0.6 is 0 Å². The lowest BCUT2D eigenvalue weighted by molar-refractivity contribution is 0.0591. The smallest absolute Gasteiger partial charge is 0.362 e. The van der Waals surface area contributed by atoms with Crippen molar-refractivity contribution in [1.82, 2.24) is 9.78 Å². The average molecular weight is 361 g/mol. The highest BCUT2D eigenvalue weighted by Gasteiger charge is 2.36. The molecule has 0 unspecified atom stereocenters. The molecule has 3 atom stereocenters. The van der Waals surface area contributed by atoms with Gasteiger partial charge in [-0.2, -0.15) is 5.10 Å². The van der Waals surface area contributed by atoms with Gasteiger partial charge in [0.05, 0.1) is 22.9 Å². The molecule has 0 bridgehead atoms. The Bertz CT molecular complexity index is 760. The number of rotatable bonds is 4. The SMILES string of the molecule is CC(C)(C)n1nc([C@H]2C[C@@H](F)[C@@H](O)C2)cc1NOC(=O)c1ccccc1. The first-order valence-corrected chi connectivity index (χ1v) is 8.70. The van der Waals surface area contributed by atoms with E-state index in [4.69, 9.17) is 4.84 Å². The number of nitrogens with one attached hydrogen (secondary N) is 1. The van der Waals surface area contributed by atoms with Crippen molar-refractivity contribution in [2.75, 3.05) is 5.48 Å². The van der Waals surface area contributed by atoms with Crippen LogP contribution in [0.25, 0.3) is 0 Å². The zero-order chi connectivity index (χ0) is 18.9. The molecular formula is C19H24FN3O3. The fourth-order valence-corrected chi connectivity index (χ4v) is 3.12. The fraction of sp³-hybridized carbons (Fsp3) is 0.474. The number of hydrogen-bond donors (Lipinski definition) is 2. The van der Waals surface area contributed by atoms with Gasteiger partial charge < -0.3 is 9.94 Å². The Hall–Kier alpha value is -2.41. The van der Waals surface area contributed by atoms with Gasteiger partial charge in [-0.1, -0.05) is 18.2 Å². The molecule has 1 aliphatic carbocycles. The number of aliphatic hydroxyl groups is 1. The van der Waals surface area contributed by atoms with E-state index in [9.17, 15) is 14.3 Å². The Balaban J connectivity index is 1.78. The van der Waals surface area contributed by atoms with Crippen molar-refractivity contribution in [3.8, 4) is 0 Å². The molecule has 2 N–H and O–H groups in total. The molecule has 1 fully saturated rings. The van der Waals surface area contributed by atoms with Crippen LogP contribution in [0.2, 0.25) is 0 Å². The van der Waals surface area contributed by atoms with Crippen LogP contribution < -0.4 is 5.48 Å². The van der Waals surface area contributed by atoms with Gasteiger partial charge in [0.1, 0.15) is 6.17 Å².